The Hall–Kier alpha value is -2.89. The normalized spacial score (nSPS) is 11.4. The van der Waals surface area contributed by atoms with Gasteiger partial charge < -0.3 is 16.0 Å². The molecule has 1 amide bonds. The molecule has 2 rings (SSSR count). The standard InChI is InChI=1S/C21H27FN4O/c1-4-23-21(25-14-17-6-5-7-18(22)12-17)24-13-16-8-10-19(11-9-16)26-20(27)15(2)3/h5-12,15H,4,13-14H2,1-3H3,(H,26,27)(H2,23,24,25). The number of anilines is 1. The molecule has 2 aromatic rings. The Kier molecular flexibility index (Phi) is 7.79. The van der Waals surface area contributed by atoms with Crippen LogP contribution < -0.4 is 16.0 Å². The fraction of sp³-hybridized carbons (Fsp3) is 0.333. The number of aliphatic imine (C=N–C) groups is 1. The van der Waals surface area contributed by atoms with Crippen LogP contribution in [0.5, 0.6) is 0 Å². The first-order chi connectivity index (χ1) is 13.0. The van der Waals surface area contributed by atoms with Gasteiger partial charge in [-0.3, -0.25) is 4.79 Å². The first-order valence-corrected chi connectivity index (χ1v) is 9.14. The maximum Gasteiger partial charge on any atom is 0.226 e. The van der Waals surface area contributed by atoms with E-state index >= 15 is 0 Å². The minimum atomic E-state index is -0.259. The van der Waals surface area contributed by atoms with Crippen LogP contribution >= 0.6 is 0 Å². The summed E-state index contributed by atoms with van der Waals surface area (Å²) in [7, 11) is 0. The molecule has 5 nitrogen and oxygen atoms in total. The predicted molar refractivity (Wildman–Crippen MR) is 108 cm³/mol. The molecule has 0 radical (unpaired) electrons. The molecular formula is C21H27FN4O. The zero-order valence-electron chi connectivity index (χ0n) is 16.1. The monoisotopic (exact) mass is 370 g/mol. The summed E-state index contributed by atoms with van der Waals surface area (Å²) in [5.74, 6) is 0.354. The number of benzene rings is 2. The Morgan fingerprint density at radius 1 is 1.07 bits per heavy atom. The fourth-order valence-electron chi connectivity index (χ4n) is 2.33. The molecule has 6 heteroatoms. The number of nitrogens with one attached hydrogen (secondary N) is 3. The average molecular weight is 370 g/mol. The molecule has 0 aliphatic heterocycles. The van der Waals surface area contributed by atoms with E-state index in [-0.39, 0.29) is 17.6 Å². The fourth-order valence-corrected chi connectivity index (χ4v) is 2.33. The predicted octanol–water partition coefficient (Wildman–Crippen LogP) is 3.68. The van der Waals surface area contributed by atoms with E-state index in [1.165, 1.54) is 12.1 Å². The number of hydrogen-bond acceptors (Lipinski definition) is 2. The number of hydrogen-bond donors (Lipinski definition) is 3. The summed E-state index contributed by atoms with van der Waals surface area (Å²) in [6.07, 6.45) is 0. The zero-order chi connectivity index (χ0) is 19.6. The van der Waals surface area contributed by atoms with Crippen molar-refractivity contribution in [1.82, 2.24) is 10.6 Å². The summed E-state index contributed by atoms with van der Waals surface area (Å²) in [6.45, 7) is 7.43. The van der Waals surface area contributed by atoms with Gasteiger partial charge >= 0.3 is 0 Å². The van der Waals surface area contributed by atoms with Gasteiger partial charge in [0.1, 0.15) is 5.82 Å². The number of carbonyl (C=O) groups is 1. The van der Waals surface area contributed by atoms with Crippen LogP contribution in [-0.4, -0.2) is 18.4 Å². The van der Waals surface area contributed by atoms with Gasteiger partial charge in [0, 0.05) is 24.7 Å². The number of carbonyl (C=O) groups excluding carboxylic acids is 1. The minimum Gasteiger partial charge on any atom is -0.357 e. The van der Waals surface area contributed by atoms with Crippen molar-refractivity contribution >= 4 is 17.6 Å². The molecule has 144 valence electrons. The van der Waals surface area contributed by atoms with Crippen LogP contribution in [0, 0.1) is 11.7 Å². The maximum atomic E-state index is 13.3. The molecule has 27 heavy (non-hydrogen) atoms. The summed E-state index contributed by atoms with van der Waals surface area (Å²) in [5, 5.41) is 9.30. The molecule has 0 saturated carbocycles. The number of halogens is 1. The lowest BCUT2D eigenvalue weighted by molar-refractivity contribution is -0.118. The van der Waals surface area contributed by atoms with Gasteiger partial charge in [-0.25, -0.2) is 9.38 Å². The van der Waals surface area contributed by atoms with E-state index in [9.17, 15) is 9.18 Å². The number of nitrogens with zero attached hydrogens (tertiary/aromatic N) is 1. The Bertz CT molecular complexity index is 772. The Labute approximate surface area is 160 Å². The lowest BCUT2D eigenvalue weighted by Crippen LogP contribution is -2.36. The van der Waals surface area contributed by atoms with Crippen molar-refractivity contribution in [3.05, 3.63) is 65.5 Å². The van der Waals surface area contributed by atoms with Gasteiger partial charge in [0.2, 0.25) is 5.91 Å². The summed E-state index contributed by atoms with van der Waals surface area (Å²) in [4.78, 5) is 16.2. The highest BCUT2D eigenvalue weighted by atomic mass is 19.1. The minimum absolute atomic E-state index is 0.000195. The van der Waals surface area contributed by atoms with E-state index in [1.54, 1.807) is 6.07 Å². The molecule has 0 heterocycles. The molecule has 0 saturated heterocycles. The van der Waals surface area contributed by atoms with Crippen molar-refractivity contribution in [3.8, 4) is 0 Å². The highest BCUT2D eigenvalue weighted by Crippen LogP contribution is 2.11. The van der Waals surface area contributed by atoms with Crippen LogP contribution in [0.3, 0.4) is 0 Å². The van der Waals surface area contributed by atoms with Crippen LogP contribution in [0.1, 0.15) is 31.9 Å². The largest absolute Gasteiger partial charge is 0.357 e. The van der Waals surface area contributed by atoms with Gasteiger partial charge in [0.25, 0.3) is 0 Å². The second-order valence-electron chi connectivity index (χ2n) is 6.52. The van der Waals surface area contributed by atoms with Crippen molar-refractivity contribution in [3.63, 3.8) is 0 Å². The highest BCUT2D eigenvalue weighted by Gasteiger charge is 2.06. The lowest BCUT2D eigenvalue weighted by atomic mass is 10.1. The second-order valence-corrected chi connectivity index (χ2v) is 6.52. The molecular weight excluding hydrogens is 343 g/mol. The smallest absolute Gasteiger partial charge is 0.226 e. The van der Waals surface area contributed by atoms with Crippen molar-refractivity contribution < 1.29 is 9.18 Å². The van der Waals surface area contributed by atoms with Crippen LogP contribution in [0.2, 0.25) is 0 Å². The van der Waals surface area contributed by atoms with Crippen LogP contribution in [0.15, 0.2) is 53.5 Å². The second kappa shape index (κ2) is 10.3. The van der Waals surface area contributed by atoms with E-state index in [1.807, 2.05) is 51.1 Å². The Balaban J connectivity index is 1.93. The van der Waals surface area contributed by atoms with Crippen molar-refractivity contribution in [2.75, 3.05) is 11.9 Å². The van der Waals surface area contributed by atoms with E-state index in [4.69, 9.17) is 0 Å². The van der Waals surface area contributed by atoms with Gasteiger partial charge in [-0.05, 0) is 42.3 Å². The summed E-state index contributed by atoms with van der Waals surface area (Å²) in [6, 6.07) is 14.1. The summed E-state index contributed by atoms with van der Waals surface area (Å²) in [5.41, 5.74) is 2.66. The van der Waals surface area contributed by atoms with Crippen LogP contribution in [-0.2, 0) is 17.9 Å². The first kappa shape index (κ1) is 20.4. The molecule has 0 unspecified atom stereocenters. The SMILES string of the molecule is CCNC(=NCc1cccc(F)c1)NCc1ccc(NC(=O)C(C)C)cc1. The molecule has 0 bridgehead atoms. The van der Waals surface area contributed by atoms with Gasteiger partial charge in [0.15, 0.2) is 5.96 Å². The first-order valence-electron chi connectivity index (χ1n) is 9.14. The topological polar surface area (TPSA) is 65.5 Å². The molecule has 0 atom stereocenters. The quantitative estimate of drug-likeness (QED) is 0.515. The number of guanidine groups is 1. The van der Waals surface area contributed by atoms with E-state index in [0.29, 0.717) is 19.0 Å². The van der Waals surface area contributed by atoms with Gasteiger partial charge in [0.05, 0.1) is 6.54 Å². The van der Waals surface area contributed by atoms with E-state index in [2.05, 4.69) is 20.9 Å². The van der Waals surface area contributed by atoms with Crippen molar-refractivity contribution in [2.45, 2.75) is 33.9 Å². The third-order valence-corrected chi connectivity index (χ3v) is 3.86. The average Bonchev–Trinajstić information content (AvgIpc) is 2.65. The third kappa shape index (κ3) is 7.09. The van der Waals surface area contributed by atoms with Gasteiger partial charge in [-0.2, -0.15) is 0 Å². The van der Waals surface area contributed by atoms with E-state index < -0.39 is 0 Å². The molecule has 2 aromatic carbocycles. The molecule has 0 spiro atoms. The van der Waals surface area contributed by atoms with Gasteiger partial charge in [-0.1, -0.05) is 38.1 Å². The van der Waals surface area contributed by atoms with E-state index in [0.717, 1.165) is 23.4 Å². The van der Waals surface area contributed by atoms with Gasteiger partial charge in [-0.15, -0.1) is 0 Å². The molecule has 0 fully saturated rings. The Morgan fingerprint density at radius 2 is 1.81 bits per heavy atom. The molecule has 0 aliphatic rings. The summed E-state index contributed by atoms with van der Waals surface area (Å²) < 4.78 is 13.3. The maximum absolute atomic E-state index is 13.3. The van der Waals surface area contributed by atoms with Crippen LogP contribution in [0.4, 0.5) is 10.1 Å². The number of amides is 1. The lowest BCUT2D eigenvalue weighted by Gasteiger charge is -2.12. The third-order valence-electron chi connectivity index (χ3n) is 3.86. The van der Waals surface area contributed by atoms with Crippen molar-refractivity contribution in [2.24, 2.45) is 10.9 Å². The highest BCUT2D eigenvalue weighted by molar-refractivity contribution is 5.92. The van der Waals surface area contributed by atoms with Crippen LogP contribution in [0.25, 0.3) is 0 Å². The van der Waals surface area contributed by atoms with Crippen molar-refractivity contribution in [1.29, 1.82) is 0 Å². The zero-order valence-corrected chi connectivity index (χ0v) is 16.1. The Morgan fingerprint density at radius 3 is 2.44 bits per heavy atom. The number of rotatable bonds is 7. The molecule has 3 N–H and O–H groups in total. The molecule has 0 aliphatic carbocycles. The molecule has 0 aromatic heterocycles. The summed E-state index contributed by atoms with van der Waals surface area (Å²) >= 11 is 0.